The maximum absolute atomic E-state index is 12.3. The predicted octanol–water partition coefficient (Wildman–Crippen LogP) is 2.83. The Morgan fingerprint density at radius 1 is 1.16 bits per heavy atom. The maximum atomic E-state index is 12.3. The number of aryl methyl sites for hydroxylation is 1. The van der Waals surface area contributed by atoms with E-state index in [0.29, 0.717) is 16.3 Å². The molecule has 2 aromatic carbocycles. The number of hydrogen-bond donors (Lipinski definition) is 2. The van der Waals surface area contributed by atoms with Gasteiger partial charge in [0.25, 0.3) is 5.91 Å². The molecule has 0 spiro atoms. The lowest BCUT2D eigenvalue weighted by molar-refractivity contribution is 0.102. The third kappa shape index (κ3) is 5.27. The lowest BCUT2D eigenvalue weighted by Crippen LogP contribution is -2.27. The van der Waals surface area contributed by atoms with E-state index >= 15 is 0 Å². The van der Waals surface area contributed by atoms with Crippen molar-refractivity contribution < 1.29 is 17.9 Å². The fraction of sp³-hybridized carbons (Fsp3) is 0.235. The number of hydrogen-bond acceptors (Lipinski definition) is 4. The van der Waals surface area contributed by atoms with Crippen molar-refractivity contribution in [1.82, 2.24) is 4.72 Å². The quantitative estimate of drug-likeness (QED) is 0.721. The number of rotatable bonds is 7. The number of carbonyl (C=O) groups excluding carboxylic acids is 1. The van der Waals surface area contributed by atoms with Crippen LogP contribution in [0.4, 0.5) is 5.69 Å². The van der Waals surface area contributed by atoms with Gasteiger partial charge in [0.05, 0.1) is 11.5 Å². The molecule has 2 N–H and O–H groups in total. The monoisotopic (exact) mass is 382 g/mol. The Morgan fingerprint density at radius 3 is 2.48 bits per heavy atom. The molecule has 0 radical (unpaired) electrons. The largest absolute Gasteiger partial charge is 0.383 e. The maximum Gasteiger partial charge on any atom is 0.255 e. The first-order valence-electron chi connectivity index (χ1n) is 7.49. The highest BCUT2D eigenvalue weighted by Gasteiger charge is 2.15. The molecular formula is C17H19ClN2O4S. The van der Waals surface area contributed by atoms with E-state index in [9.17, 15) is 13.2 Å². The summed E-state index contributed by atoms with van der Waals surface area (Å²) in [5.41, 5.74) is 1.82. The van der Waals surface area contributed by atoms with Crippen molar-refractivity contribution in [2.75, 3.05) is 25.6 Å². The van der Waals surface area contributed by atoms with Gasteiger partial charge < -0.3 is 10.1 Å². The number of sulfonamides is 1. The van der Waals surface area contributed by atoms with Gasteiger partial charge in [0.15, 0.2) is 0 Å². The SMILES string of the molecule is COCCNS(=O)(=O)c1ccc(C(=O)Nc2cc(Cl)ccc2C)cc1. The van der Waals surface area contributed by atoms with E-state index in [-0.39, 0.29) is 24.0 Å². The summed E-state index contributed by atoms with van der Waals surface area (Å²) in [6, 6.07) is 10.9. The molecule has 2 aromatic rings. The molecule has 8 heteroatoms. The zero-order chi connectivity index (χ0) is 18.4. The van der Waals surface area contributed by atoms with E-state index < -0.39 is 10.0 Å². The van der Waals surface area contributed by atoms with Crippen LogP contribution in [0, 0.1) is 6.92 Å². The average Bonchev–Trinajstić information content (AvgIpc) is 2.58. The number of ether oxygens (including phenoxy) is 1. The number of carbonyl (C=O) groups is 1. The van der Waals surface area contributed by atoms with E-state index in [1.807, 2.05) is 6.92 Å². The van der Waals surface area contributed by atoms with Crippen molar-refractivity contribution in [2.24, 2.45) is 0 Å². The molecule has 2 rings (SSSR count). The Balaban J connectivity index is 2.11. The average molecular weight is 383 g/mol. The molecule has 0 fully saturated rings. The van der Waals surface area contributed by atoms with Gasteiger partial charge in [0.2, 0.25) is 10.0 Å². The van der Waals surface area contributed by atoms with Gasteiger partial charge in [-0.2, -0.15) is 0 Å². The topological polar surface area (TPSA) is 84.5 Å². The minimum absolute atomic E-state index is 0.0825. The molecule has 0 aromatic heterocycles. The Labute approximate surface area is 152 Å². The second-order valence-electron chi connectivity index (χ2n) is 5.33. The smallest absolute Gasteiger partial charge is 0.255 e. The number of anilines is 1. The van der Waals surface area contributed by atoms with Crippen molar-refractivity contribution in [2.45, 2.75) is 11.8 Å². The van der Waals surface area contributed by atoms with E-state index in [1.54, 1.807) is 18.2 Å². The highest BCUT2D eigenvalue weighted by Crippen LogP contribution is 2.21. The Bertz CT molecular complexity index is 851. The second kappa shape index (κ2) is 8.44. The standard InChI is InChI=1S/C17H19ClN2O4S/c1-12-3-6-14(18)11-16(12)20-17(21)13-4-7-15(8-5-13)25(22,23)19-9-10-24-2/h3-8,11,19H,9-10H2,1-2H3,(H,20,21). The molecule has 1 amide bonds. The fourth-order valence-electron chi connectivity index (χ4n) is 2.07. The van der Waals surface area contributed by atoms with Crippen molar-refractivity contribution in [1.29, 1.82) is 0 Å². The van der Waals surface area contributed by atoms with Crippen LogP contribution >= 0.6 is 11.6 Å². The van der Waals surface area contributed by atoms with Crippen molar-refractivity contribution in [3.63, 3.8) is 0 Å². The molecule has 0 aliphatic heterocycles. The molecule has 0 bridgehead atoms. The lowest BCUT2D eigenvalue weighted by atomic mass is 10.1. The van der Waals surface area contributed by atoms with Crippen molar-refractivity contribution in [3.05, 3.63) is 58.6 Å². The van der Waals surface area contributed by atoms with Crippen LogP contribution in [0.5, 0.6) is 0 Å². The van der Waals surface area contributed by atoms with E-state index in [2.05, 4.69) is 10.0 Å². The molecular weight excluding hydrogens is 364 g/mol. The van der Waals surface area contributed by atoms with Crippen LogP contribution < -0.4 is 10.0 Å². The minimum atomic E-state index is -3.63. The molecule has 6 nitrogen and oxygen atoms in total. The summed E-state index contributed by atoms with van der Waals surface area (Å²) in [7, 11) is -2.14. The molecule has 0 atom stereocenters. The van der Waals surface area contributed by atoms with Gasteiger partial charge in [-0.15, -0.1) is 0 Å². The third-order valence-corrected chi connectivity index (χ3v) is 5.18. The summed E-state index contributed by atoms with van der Waals surface area (Å²) in [6.07, 6.45) is 0. The summed E-state index contributed by atoms with van der Waals surface area (Å²) < 4.78 is 31.4. The van der Waals surface area contributed by atoms with Gasteiger partial charge in [0.1, 0.15) is 0 Å². The van der Waals surface area contributed by atoms with Crippen LogP contribution in [0.25, 0.3) is 0 Å². The van der Waals surface area contributed by atoms with Gasteiger partial charge in [0, 0.05) is 29.9 Å². The first-order valence-corrected chi connectivity index (χ1v) is 9.36. The second-order valence-corrected chi connectivity index (χ2v) is 7.53. The van der Waals surface area contributed by atoms with Crippen LogP contribution in [0.3, 0.4) is 0 Å². The number of nitrogens with one attached hydrogen (secondary N) is 2. The number of amides is 1. The Hall–Kier alpha value is -1.93. The van der Waals surface area contributed by atoms with Gasteiger partial charge in [-0.05, 0) is 48.9 Å². The van der Waals surface area contributed by atoms with Gasteiger partial charge in [-0.3, -0.25) is 4.79 Å². The number of methoxy groups -OCH3 is 1. The molecule has 0 aliphatic carbocycles. The molecule has 0 aliphatic rings. The predicted molar refractivity (Wildman–Crippen MR) is 97.6 cm³/mol. The molecule has 0 heterocycles. The van der Waals surface area contributed by atoms with E-state index in [0.717, 1.165) is 5.56 Å². The Kier molecular flexibility index (Phi) is 6.55. The normalized spacial score (nSPS) is 11.3. The highest BCUT2D eigenvalue weighted by atomic mass is 35.5. The van der Waals surface area contributed by atoms with Crippen LogP contribution in [0.15, 0.2) is 47.4 Å². The highest BCUT2D eigenvalue weighted by molar-refractivity contribution is 7.89. The first-order chi connectivity index (χ1) is 11.8. The molecule has 0 saturated heterocycles. The van der Waals surface area contributed by atoms with Crippen LogP contribution in [-0.2, 0) is 14.8 Å². The van der Waals surface area contributed by atoms with Gasteiger partial charge in [-0.25, -0.2) is 13.1 Å². The van der Waals surface area contributed by atoms with E-state index in [4.69, 9.17) is 16.3 Å². The van der Waals surface area contributed by atoms with Crippen molar-refractivity contribution >= 4 is 33.2 Å². The van der Waals surface area contributed by atoms with Crippen molar-refractivity contribution in [3.8, 4) is 0 Å². The summed E-state index contributed by atoms with van der Waals surface area (Å²) in [5, 5.41) is 3.28. The number of halogens is 1. The molecule has 0 unspecified atom stereocenters. The van der Waals surface area contributed by atoms with Crippen LogP contribution in [-0.4, -0.2) is 34.6 Å². The summed E-state index contributed by atoms with van der Waals surface area (Å²) in [6.45, 7) is 2.31. The zero-order valence-electron chi connectivity index (χ0n) is 13.9. The number of benzene rings is 2. The molecule has 0 saturated carbocycles. The Morgan fingerprint density at radius 2 is 1.84 bits per heavy atom. The summed E-state index contributed by atoms with van der Waals surface area (Å²) in [4.78, 5) is 12.4. The summed E-state index contributed by atoms with van der Waals surface area (Å²) >= 11 is 5.94. The van der Waals surface area contributed by atoms with Gasteiger partial charge >= 0.3 is 0 Å². The minimum Gasteiger partial charge on any atom is -0.383 e. The van der Waals surface area contributed by atoms with Gasteiger partial charge in [-0.1, -0.05) is 17.7 Å². The third-order valence-electron chi connectivity index (χ3n) is 3.47. The summed E-state index contributed by atoms with van der Waals surface area (Å²) in [5.74, 6) is -0.346. The first kappa shape index (κ1) is 19.4. The van der Waals surface area contributed by atoms with E-state index in [1.165, 1.54) is 31.4 Å². The zero-order valence-corrected chi connectivity index (χ0v) is 15.4. The molecule has 134 valence electrons. The lowest BCUT2D eigenvalue weighted by Gasteiger charge is -2.10. The molecule has 25 heavy (non-hydrogen) atoms. The fourth-order valence-corrected chi connectivity index (χ4v) is 3.26. The van der Waals surface area contributed by atoms with Crippen LogP contribution in [0.1, 0.15) is 15.9 Å². The van der Waals surface area contributed by atoms with Crippen LogP contribution in [0.2, 0.25) is 5.02 Å².